The van der Waals surface area contributed by atoms with E-state index in [1.807, 2.05) is 60.8 Å². The Bertz CT molecular complexity index is 1100. The lowest BCUT2D eigenvalue weighted by Gasteiger charge is -2.40. The summed E-state index contributed by atoms with van der Waals surface area (Å²) >= 11 is 0. The zero-order valence-corrected chi connectivity index (χ0v) is 17.7. The van der Waals surface area contributed by atoms with Crippen molar-refractivity contribution in [2.24, 2.45) is 0 Å². The van der Waals surface area contributed by atoms with Crippen LogP contribution in [0.3, 0.4) is 0 Å². The van der Waals surface area contributed by atoms with E-state index in [0.717, 1.165) is 48.0 Å². The predicted octanol–water partition coefficient (Wildman–Crippen LogP) is 4.60. The molecule has 1 atom stereocenters. The summed E-state index contributed by atoms with van der Waals surface area (Å²) in [6, 6.07) is 8.14. The molecule has 2 aromatic heterocycles. The molecular weight excluding hydrogens is 378 g/mol. The average Bonchev–Trinajstić information content (AvgIpc) is 3.27. The normalized spacial score (nSPS) is 20.5. The van der Waals surface area contributed by atoms with Gasteiger partial charge < -0.3 is 9.64 Å². The van der Waals surface area contributed by atoms with Gasteiger partial charge in [-0.2, -0.15) is 5.10 Å². The second kappa shape index (κ2) is 6.79. The first-order chi connectivity index (χ1) is 14.3. The summed E-state index contributed by atoms with van der Waals surface area (Å²) in [4.78, 5) is 23.9. The number of likely N-dealkylation sites (tertiary alicyclic amines) is 1. The molecule has 0 bridgehead atoms. The molecule has 1 spiro atoms. The molecule has 0 N–H and O–H groups in total. The minimum atomic E-state index is -0.470. The van der Waals surface area contributed by atoms with Gasteiger partial charge in [-0.1, -0.05) is 12.1 Å². The first-order valence-corrected chi connectivity index (χ1v) is 10.6. The van der Waals surface area contributed by atoms with Crippen molar-refractivity contribution in [3.05, 3.63) is 42.9 Å². The molecule has 1 aliphatic carbocycles. The number of hydrogen-bond acceptors (Lipinski definition) is 5. The lowest BCUT2D eigenvalue weighted by molar-refractivity contribution is -0.0000150. The number of piperidine rings is 1. The zero-order valence-electron chi connectivity index (χ0n) is 17.7. The summed E-state index contributed by atoms with van der Waals surface area (Å²) in [5, 5.41) is 4.63. The van der Waals surface area contributed by atoms with E-state index in [4.69, 9.17) is 9.72 Å². The molecule has 7 heteroatoms. The Morgan fingerprint density at radius 3 is 2.67 bits per heavy atom. The highest BCUT2D eigenvalue weighted by molar-refractivity contribution is 5.76. The molecule has 1 saturated carbocycles. The highest BCUT2D eigenvalue weighted by Crippen LogP contribution is 2.51. The second-order valence-corrected chi connectivity index (χ2v) is 9.46. The highest BCUT2D eigenvalue weighted by Gasteiger charge is 2.54. The number of aromatic nitrogens is 4. The molecule has 1 unspecified atom stereocenters. The van der Waals surface area contributed by atoms with E-state index < -0.39 is 5.60 Å². The number of rotatable bonds is 2. The topological polar surface area (TPSA) is 73.1 Å². The number of ether oxygens (including phenoxy) is 1. The van der Waals surface area contributed by atoms with Gasteiger partial charge in [-0.3, -0.25) is 9.67 Å². The molecule has 0 radical (unpaired) electrons. The van der Waals surface area contributed by atoms with Crippen molar-refractivity contribution in [3.63, 3.8) is 0 Å². The summed E-state index contributed by atoms with van der Waals surface area (Å²) in [5.74, 6) is 0. The van der Waals surface area contributed by atoms with Crippen LogP contribution in [0.2, 0.25) is 0 Å². The van der Waals surface area contributed by atoms with Gasteiger partial charge in [-0.05, 0) is 58.6 Å². The molecule has 1 aliphatic heterocycles. The number of carbonyl (C=O) groups is 1. The zero-order chi connectivity index (χ0) is 20.9. The summed E-state index contributed by atoms with van der Waals surface area (Å²) in [5.41, 5.74) is 3.02. The van der Waals surface area contributed by atoms with Crippen LogP contribution in [0.15, 0.2) is 42.9 Å². The van der Waals surface area contributed by atoms with Gasteiger partial charge in [0.05, 0.1) is 35.2 Å². The molecule has 156 valence electrons. The molecule has 2 fully saturated rings. The van der Waals surface area contributed by atoms with Gasteiger partial charge in [-0.25, -0.2) is 9.78 Å². The van der Waals surface area contributed by atoms with Crippen LogP contribution in [0.25, 0.3) is 22.3 Å². The van der Waals surface area contributed by atoms with Crippen molar-refractivity contribution in [1.29, 1.82) is 0 Å². The fourth-order valence-electron chi connectivity index (χ4n) is 4.38. The van der Waals surface area contributed by atoms with Gasteiger partial charge in [0.1, 0.15) is 5.60 Å². The Labute approximate surface area is 176 Å². The minimum absolute atomic E-state index is 0.0693. The Morgan fingerprint density at radius 1 is 1.17 bits per heavy atom. The van der Waals surface area contributed by atoms with Crippen molar-refractivity contribution in [3.8, 4) is 11.3 Å². The largest absolute Gasteiger partial charge is 0.444 e. The van der Waals surface area contributed by atoms with Crippen LogP contribution in [0.5, 0.6) is 0 Å². The number of nitrogens with zero attached hydrogens (tertiary/aromatic N) is 5. The van der Waals surface area contributed by atoms with Gasteiger partial charge >= 0.3 is 6.09 Å². The molecule has 1 saturated heterocycles. The summed E-state index contributed by atoms with van der Waals surface area (Å²) in [6.07, 6.45) is 9.38. The van der Waals surface area contributed by atoms with E-state index in [-0.39, 0.29) is 17.7 Å². The van der Waals surface area contributed by atoms with Gasteiger partial charge in [0.15, 0.2) is 0 Å². The molecule has 30 heavy (non-hydrogen) atoms. The van der Waals surface area contributed by atoms with Gasteiger partial charge in [-0.15, -0.1) is 0 Å². The van der Waals surface area contributed by atoms with E-state index in [1.165, 1.54) is 0 Å². The van der Waals surface area contributed by atoms with Crippen LogP contribution < -0.4 is 0 Å². The first-order valence-electron chi connectivity index (χ1n) is 10.6. The number of amides is 1. The fourth-order valence-corrected chi connectivity index (χ4v) is 4.38. The third kappa shape index (κ3) is 3.53. The summed E-state index contributed by atoms with van der Waals surface area (Å²) in [6.45, 7) is 6.44. The first kappa shape index (κ1) is 19.0. The maximum absolute atomic E-state index is 12.7. The van der Waals surface area contributed by atoms with Crippen LogP contribution in [-0.2, 0) is 4.74 Å². The van der Waals surface area contributed by atoms with Crippen molar-refractivity contribution < 1.29 is 9.53 Å². The lowest BCUT2D eigenvalue weighted by Crippen LogP contribution is -2.50. The molecule has 1 aromatic carbocycles. The van der Waals surface area contributed by atoms with E-state index >= 15 is 0 Å². The Kier molecular flexibility index (Phi) is 4.31. The molecule has 1 amide bonds. The maximum Gasteiger partial charge on any atom is 0.410 e. The lowest BCUT2D eigenvalue weighted by atomic mass is 9.95. The molecule has 3 heterocycles. The van der Waals surface area contributed by atoms with E-state index in [2.05, 4.69) is 16.3 Å². The third-order valence-electron chi connectivity index (χ3n) is 6.04. The molecule has 2 aliphatic rings. The second-order valence-electron chi connectivity index (χ2n) is 9.46. The molecule has 7 nitrogen and oxygen atoms in total. The number of para-hydroxylation sites is 2. The van der Waals surface area contributed by atoms with E-state index in [9.17, 15) is 4.79 Å². The van der Waals surface area contributed by atoms with Crippen molar-refractivity contribution in [2.75, 3.05) is 6.54 Å². The summed E-state index contributed by atoms with van der Waals surface area (Å²) in [7, 11) is 0. The van der Waals surface area contributed by atoms with Crippen LogP contribution >= 0.6 is 0 Å². The number of benzene rings is 1. The van der Waals surface area contributed by atoms with Crippen molar-refractivity contribution >= 4 is 17.1 Å². The molecular formula is C23H27N5O2. The van der Waals surface area contributed by atoms with Crippen LogP contribution in [0, 0.1) is 0 Å². The maximum atomic E-state index is 12.7. The van der Waals surface area contributed by atoms with Gasteiger partial charge in [0.2, 0.25) is 0 Å². The summed E-state index contributed by atoms with van der Waals surface area (Å²) < 4.78 is 7.68. The van der Waals surface area contributed by atoms with Gasteiger partial charge in [0, 0.05) is 23.8 Å². The standard InChI is InChI=1S/C23H27N5O2/c1-22(2,3)30-21(29)27-11-8-17(12-23(27)9-10-23)28-15-16(13-25-28)20-14-24-18-6-4-5-7-19(18)26-20/h4-7,13-15,17H,8-12H2,1-3H3. The van der Waals surface area contributed by atoms with E-state index in [1.54, 1.807) is 6.20 Å². The number of hydrogen-bond donors (Lipinski definition) is 0. The molecule has 3 aromatic rings. The van der Waals surface area contributed by atoms with Crippen molar-refractivity contribution in [2.45, 2.75) is 63.6 Å². The smallest absolute Gasteiger partial charge is 0.410 e. The van der Waals surface area contributed by atoms with Crippen LogP contribution in [-0.4, -0.2) is 48.4 Å². The van der Waals surface area contributed by atoms with Gasteiger partial charge in [0.25, 0.3) is 0 Å². The van der Waals surface area contributed by atoms with Crippen molar-refractivity contribution in [1.82, 2.24) is 24.6 Å². The third-order valence-corrected chi connectivity index (χ3v) is 6.04. The monoisotopic (exact) mass is 405 g/mol. The predicted molar refractivity (Wildman–Crippen MR) is 114 cm³/mol. The SMILES string of the molecule is CC(C)(C)OC(=O)N1CCC(n2cc(-c3cnc4ccccc4n3)cn2)CC12CC2. The fraction of sp³-hybridized carbons (Fsp3) is 0.478. The Balaban J connectivity index is 1.33. The quantitative estimate of drug-likeness (QED) is 0.623. The Hall–Kier alpha value is -2.96. The van der Waals surface area contributed by atoms with Crippen LogP contribution in [0.4, 0.5) is 4.79 Å². The number of carbonyl (C=O) groups excluding carboxylic acids is 1. The average molecular weight is 406 g/mol. The van der Waals surface area contributed by atoms with E-state index in [0.29, 0.717) is 6.54 Å². The Morgan fingerprint density at radius 2 is 1.93 bits per heavy atom. The minimum Gasteiger partial charge on any atom is -0.444 e. The van der Waals surface area contributed by atoms with Crippen LogP contribution in [0.1, 0.15) is 52.5 Å². The number of fused-ring (bicyclic) bond motifs is 1. The molecule has 5 rings (SSSR count). The highest BCUT2D eigenvalue weighted by atomic mass is 16.6.